The van der Waals surface area contributed by atoms with Crippen LogP contribution in [0.1, 0.15) is 0 Å². The molecule has 2 rings (SSSR count). The molecule has 2 N–H and O–H groups in total. The Kier molecular flexibility index (Phi) is 2.42. The summed E-state index contributed by atoms with van der Waals surface area (Å²) < 4.78 is 2.01. The van der Waals surface area contributed by atoms with Crippen molar-refractivity contribution in [3.8, 4) is 10.6 Å². The fraction of sp³-hybridized carbons (Fsp3) is 0.222. The van der Waals surface area contributed by atoms with Gasteiger partial charge in [0.15, 0.2) is 0 Å². The monoisotopic (exact) mass is 193 g/mol. The van der Waals surface area contributed by atoms with E-state index in [1.54, 1.807) is 11.3 Å². The normalized spacial score (nSPS) is 10.5. The molecule has 3 nitrogen and oxygen atoms in total. The quantitative estimate of drug-likeness (QED) is 0.804. The van der Waals surface area contributed by atoms with Crippen molar-refractivity contribution in [2.24, 2.45) is 5.73 Å². The summed E-state index contributed by atoms with van der Waals surface area (Å²) in [5.74, 6) is 0. The third-order valence-electron chi connectivity index (χ3n) is 1.79. The Labute approximate surface area is 80.8 Å². The zero-order chi connectivity index (χ0) is 9.10. The maximum absolute atomic E-state index is 5.44. The van der Waals surface area contributed by atoms with Gasteiger partial charge in [0.1, 0.15) is 0 Å². The van der Waals surface area contributed by atoms with Crippen molar-refractivity contribution in [3.05, 3.63) is 30.0 Å². The standard InChI is InChI=1S/C9H11N3S/c10-3-4-12-6-8(11-7-12)9-2-1-5-13-9/h1-2,5-7H,3-4,10H2. The molecule has 2 aromatic heterocycles. The van der Waals surface area contributed by atoms with Gasteiger partial charge < -0.3 is 10.3 Å². The van der Waals surface area contributed by atoms with E-state index >= 15 is 0 Å². The Morgan fingerprint density at radius 1 is 1.54 bits per heavy atom. The van der Waals surface area contributed by atoms with Gasteiger partial charge in [0, 0.05) is 19.3 Å². The molecule has 0 aliphatic heterocycles. The molecule has 4 heteroatoms. The Hall–Kier alpha value is -1.13. The number of hydrogen-bond acceptors (Lipinski definition) is 3. The van der Waals surface area contributed by atoms with E-state index in [1.165, 1.54) is 4.88 Å². The van der Waals surface area contributed by atoms with Crippen LogP contribution in [0, 0.1) is 0 Å². The van der Waals surface area contributed by atoms with E-state index in [1.807, 2.05) is 23.2 Å². The summed E-state index contributed by atoms with van der Waals surface area (Å²) >= 11 is 1.70. The first kappa shape index (κ1) is 8.47. The summed E-state index contributed by atoms with van der Waals surface area (Å²) in [6.07, 6.45) is 3.85. The van der Waals surface area contributed by atoms with Crippen molar-refractivity contribution in [2.75, 3.05) is 6.54 Å². The highest BCUT2D eigenvalue weighted by Gasteiger charge is 2.01. The van der Waals surface area contributed by atoms with E-state index in [0.717, 1.165) is 12.2 Å². The van der Waals surface area contributed by atoms with Gasteiger partial charge in [-0.25, -0.2) is 4.98 Å². The van der Waals surface area contributed by atoms with Crippen LogP contribution < -0.4 is 5.73 Å². The predicted molar refractivity (Wildman–Crippen MR) is 54.6 cm³/mol. The molecule has 13 heavy (non-hydrogen) atoms. The number of nitrogens with zero attached hydrogens (tertiary/aromatic N) is 2. The van der Waals surface area contributed by atoms with Crippen LogP contribution in [0.5, 0.6) is 0 Å². The molecule has 2 heterocycles. The fourth-order valence-corrected chi connectivity index (χ4v) is 1.87. The van der Waals surface area contributed by atoms with Crippen LogP contribution in [0.15, 0.2) is 30.0 Å². The second kappa shape index (κ2) is 3.72. The van der Waals surface area contributed by atoms with E-state index < -0.39 is 0 Å². The van der Waals surface area contributed by atoms with Crippen molar-refractivity contribution >= 4 is 11.3 Å². The molecule has 68 valence electrons. The van der Waals surface area contributed by atoms with Crippen molar-refractivity contribution < 1.29 is 0 Å². The molecule has 0 fully saturated rings. The largest absolute Gasteiger partial charge is 0.336 e. The maximum Gasteiger partial charge on any atom is 0.0981 e. The number of imidazole rings is 1. The topological polar surface area (TPSA) is 43.8 Å². The number of thiophene rings is 1. The molecule has 0 amide bonds. The number of hydrogen-bond donors (Lipinski definition) is 1. The molecule has 0 unspecified atom stereocenters. The molecule has 2 aromatic rings. The van der Waals surface area contributed by atoms with Gasteiger partial charge in [0.2, 0.25) is 0 Å². The Balaban J connectivity index is 2.23. The highest BCUT2D eigenvalue weighted by Crippen LogP contribution is 2.21. The zero-order valence-corrected chi connectivity index (χ0v) is 8.00. The summed E-state index contributed by atoms with van der Waals surface area (Å²) in [7, 11) is 0. The lowest BCUT2D eigenvalue weighted by Gasteiger charge is -1.94. The Morgan fingerprint density at radius 3 is 3.15 bits per heavy atom. The summed E-state index contributed by atoms with van der Waals surface area (Å²) in [6.45, 7) is 1.48. The molecule has 0 spiro atoms. The van der Waals surface area contributed by atoms with Gasteiger partial charge in [0.05, 0.1) is 16.9 Å². The molecular weight excluding hydrogens is 182 g/mol. The van der Waals surface area contributed by atoms with Crippen LogP contribution >= 0.6 is 11.3 Å². The third-order valence-corrected chi connectivity index (χ3v) is 2.69. The zero-order valence-electron chi connectivity index (χ0n) is 7.18. The van der Waals surface area contributed by atoms with E-state index in [4.69, 9.17) is 5.73 Å². The highest BCUT2D eigenvalue weighted by atomic mass is 32.1. The van der Waals surface area contributed by atoms with Gasteiger partial charge in [-0.3, -0.25) is 0 Å². The molecule has 0 saturated heterocycles. The van der Waals surface area contributed by atoms with E-state index in [0.29, 0.717) is 6.54 Å². The van der Waals surface area contributed by atoms with Gasteiger partial charge in [-0.05, 0) is 11.4 Å². The molecule has 0 aliphatic rings. The van der Waals surface area contributed by atoms with E-state index in [2.05, 4.69) is 16.4 Å². The average molecular weight is 193 g/mol. The van der Waals surface area contributed by atoms with Crippen molar-refractivity contribution in [2.45, 2.75) is 6.54 Å². The fourth-order valence-electron chi connectivity index (χ4n) is 1.18. The van der Waals surface area contributed by atoms with Crippen LogP contribution in [0.3, 0.4) is 0 Å². The molecule has 0 aliphatic carbocycles. The lowest BCUT2D eigenvalue weighted by Crippen LogP contribution is -2.07. The van der Waals surface area contributed by atoms with Gasteiger partial charge in [-0.1, -0.05) is 6.07 Å². The molecule has 0 radical (unpaired) electrons. The molecule has 0 bridgehead atoms. The molecule has 0 aromatic carbocycles. The van der Waals surface area contributed by atoms with Gasteiger partial charge >= 0.3 is 0 Å². The Morgan fingerprint density at radius 2 is 2.46 bits per heavy atom. The molecule has 0 atom stereocenters. The summed E-state index contributed by atoms with van der Waals surface area (Å²) in [5, 5.41) is 2.05. The summed E-state index contributed by atoms with van der Waals surface area (Å²) in [6, 6.07) is 4.10. The predicted octanol–water partition coefficient (Wildman–Crippen LogP) is 1.57. The van der Waals surface area contributed by atoms with Crippen molar-refractivity contribution in [1.29, 1.82) is 0 Å². The summed E-state index contributed by atoms with van der Waals surface area (Å²) in [4.78, 5) is 5.50. The van der Waals surface area contributed by atoms with E-state index in [9.17, 15) is 0 Å². The minimum atomic E-state index is 0.653. The lowest BCUT2D eigenvalue weighted by molar-refractivity contribution is 0.708. The molecule has 0 saturated carbocycles. The van der Waals surface area contributed by atoms with Crippen LogP contribution in [-0.4, -0.2) is 16.1 Å². The number of nitrogens with two attached hydrogens (primary N) is 1. The average Bonchev–Trinajstić information content (AvgIpc) is 2.70. The van der Waals surface area contributed by atoms with Crippen molar-refractivity contribution in [1.82, 2.24) is 9.55 Å². The van der Waals surface area contributed by atoms with Gasteiger partial charge in [-0.15, -0.1) is 11.3 Å². The van der Waals surface area contributed by atoms with Gasteiger partial charge in [0.25, 0.3) is 0 Å². The second-order valence-corrected chi connectivity index (χ2v) is 3.71. The smallest absolute Gasteiger partial charge is 0.0981 e. The first-order chi connectivity index (χ1) is 6.40. The highest BCUT2D eigenvalue weighted by molar-refractivity contribution is 7.13. The van der Waals surface area contributed by atoms with E-state index in [-0.39, 0.29) is 0 Å². The van der Waals surface area contributed by atoms with Crippen molar-refractivity contribution in [3.63, 3.8) is 0 Å². The SMILES string of the molecule is NCCn1cnc(-c2cccs2)c1. The minimum Gasteiger partial charge on any atom is -0.336 e. The Bertz CT molecular complexity index is 364. The van der Waals surface area contributed by atoms with Crippen LogP contribution in [0.2, 0.25) is 0 Å². The lowest BCUT2D eigenvalue weighted by atomic mass is 10.4. The first-order valence-corrected chi connectivity index (χ1v) is 5.04. The second-order valence-electron chi connectivity index (χ2n) is 2.76. The van der Waals surface area contributed by atoms with Crippen LogP contribution in [0.25, 0.3) is 10.6 Å². The number of aromatic nitrogens is 2. The maximum atomic E-state index is 5.44. The summed E-state index contributed by atoms with van der Waals surface area (Å²) in [5.41, 5.74) is 6.47. The molecular formula is C9H11N3S. The van der Waals surface area contributed by atoms with Gasteiger partial charge in [-0.2, -0.15) is 0 Å². The van der Waals surface area contributed by atoms with Crippen LogP contribution in [0.4, 0.5) is 0 Å². The van der Waals surface area contributed by atoms with Crippen LogP contribution in [-0.2, 0) is 6.54 Å². The third kappa shape index (κ3) is 1.79. The minimum absolute atomic E-state index is 0.653. The number of rotatable bonds is 3. The first-order valence-electron chi connectivity index (χ1n) is 4.16.